The molecule has 6 heterocycles. The van der Waals surface area contributed by atoms with Crippen molar-refractivity contribution in [1.82, 2.24) is 24.8 Å². The minimum absolute atomic E-state index is 0.0597. The van der Waals surface area contributed by atoms with Gasteiger partial charge in [0.1, 0.15) is 23.5 Å². The first-order valence-electron chi connectivity index (χ1n) is 20.1. The minimum atomic E-state index is -2.70. The lowest BCUT2D eigenvalue weighted by atomic mass is 9.95. The van der Waals surface area contributed by atoms with Crippen molar-refractivity contribution in [3.63, 3.8) is 0 Å². The summed E-state index contributed by atoms with van der Waals surface area (Å²) in [5.74, 6) is -0.160. The number of benzene rings is 2. The molecule has 13 heteroatoms. The van der Waals surface area contributed by atoms with Crippen LogP contribution in [-0.2, 0) is 9.16 Å². The zero-order valence-corrected chi connectivity index (χ0v) is 35.2. The number of carbonyl (C=O) groups excluding carboxylic acids is 1. The lowest BCUT2D eigenvalue weighted by Crippen LogP contribution is -2.67. The van der Waals surface area contributed by atoms with Crippen molar-refractivity contribution in [2.75, 3.05) is 37.7 Å². The normalized spacial score (nSPS) is 24.2. The van der Waals surface area contributed by atoms with Crippen molar-refractivity contribution >= 4 is 53.1 Å². The van der Waals surface area contributed by atoms with Crippen LogP contribution in [0, 0.1) is 5.82 Å². The highest BCUT2D eigenvalue weighted by atomic mass is 35.5. The van der Waals surface area contributed by atoms with Gasteiger partial charge in [-0.3, -0.25) is 9.80 Å². The van der Waals surface area contributed by atoms with Gasteiger partial charge in [0.05, 0.1) is 29.6 Å². The molecule has 4 aliphatic rings. The van der Waals surface area contributed by atoms with Crippen molar-refractivity contribution < 1.29 is 23.1 Å². The molecule has 2 aromatic carbocycles. The van der Waals surface area contributed by atoms with E-state index in [0.29, 0.717) is 37.5 Å². The number of piperazine rings is 1. The van der Waals surface area contributed by atoms with E-state index in [9.17, 15) is 4.79 Å². The number of anilines is 1. The van der Waals surface area contributed by atoms with Gasteiger partial charge in [0, 0.05) is 25.3 Å². The van der Waals surface area contributed by atoms with E-state index in [2.05, 4.69) is 101 Å². The van der Waals surface area contributed by atoms with Gasteiger partial charge in [-0.1, -0.05) is 93.0 Å². The monoisotopic (exact) mass is 800 g/mol. The fourth-order valence-corrected chi connectivity index (χ4v) is 14.7. The largest absolute Gasteiger partial charge is 0.461 e. The van der Waals surface area contributed by atoms with Gasteiger partial charge in [-0.15, -0.1) is 0 Å². The molecule has 8 rings (SSSR count). The quantitative estimate of drug-likeness (QED) is 0.127. The second kappa shape index (κ2) is 14.8. The van der Waals surface area contributed by atoms with E-state index in [-0.39, 0.29) is 51.5 Å². The van der Waals surface area contributed by atoms with E-state index in [4.69, 9.17) is 30.5 Å². The third kappa shape index (κ3) is 7.05. The number of rotatable bonds is 9. The van der Waals surface area contributed by atoms with E-state index in [1.165, 1.54) is 16.6 Å². The number of aromatic nitrogens is 3. The highest BCUT2D eigenvalue weighted by Gasteiger charge is 2.54. The van der Waals surface area contributed by atoms with Crippen molar-refractivity contribution in [1.29, 1.82) is 0 Å². The van der Waals surface area contributed by atoms with Crippen LogP contribution in [0.25, 0.3) is 10.9 Å². The maximum atomic E-state index is 15.7. The molecule has 0 radical (unpaired) electrons. The van der Waals surface area contributed by atoms with E-state index in [1.54, 1.807) is 0 Å². The zero-order chi connectivity index (χ0) is 39.5. The Morgan fingerprint density at radius 1 is 0.929 bits per heavy atom. The van der Waals surface area contributed by atoms with Crippen LogP contribution >= 0.6 is 11.6 Å². The number of pyridine rings is 1. The highest BCUT2D eigenvalue weighted by Crippen LogP contribution is 2.45. The Morgan fingerprint density at radius 3 is 2.18 bits per heavy atom. The number of fused-ring (bicyclic) bond motifs is 4. The molecule has 2 aromatic heterocycles. The number of nitrogens with zero attached hydrogens (tertiary/aromatic N) is 6. The standard InChI is InChI=1S/C43H54ClFN6O4Si/c1-41(2,3)55-40(52)51-29-18-19-30(51)26-49(25-29)38-34-24-46-37(44)35(45)36(34)47-39(48-38)53-28-43-21-13-23-50(43)31(20-22-43)27-54-56(42(4,5)6,32-14-9-7-10-15-32)33-16-11-8-12-17-33/h7-12,14-17,24,29-31H,13,18-23,25-28H2,1-6H3/t29-,30+,31-,43+/m0/s1. The molecule has 0 aliphatic carbocycles. The van der Waals surface area contributed by atoms with Crippen LogP contribution in [0.3, 0.4) is 0 Å². The predicted octanol–water partition coefficient (Wildman–Crippen LogP) is 7.36. The summed E-state index contributed by atoms with van der Waals surface area (Å²) in [6.07, 6.45) is 6.94. The van der Waals surface area contributed by atoms with Crippen molar-refractivity contribution in [2.24, 2.45) is 0 Å². The Kier molecular flexibility index (Phi) is 10.3. The Hall–Kier alpha value is -3.84. The Balaban J connectivity index is 1.04. The number of ether oxygens (including phenoxy) is 2. The first-order chi connectivity index (χ1) is 26.7. The highest BCUT2D eigenvalue weighted by molar-refractivity contribution is 6.99. The number of carbonyl (C=O) groups is 1. The fourth-order valence-electron chi connectivity index (χ4n) is 9.96. The topological polar surface area (TPSA) is 93.2 Å². The summed E-state index contributed by atoms with van der Waals surface area (Å²) in [6, 6.07) is 21.8. The summed E-state index contributed by atoms with van der Waals surface area (Å²) in [4.78, 5) is 33.5. The summed E-state index contributed by atoms with van der Waals surface area (Å²) < 4.78 is 35.4. The summed E-state index contributed by atoms with van der Waals surface area (Å²) >= 11 is 6.20. The Bertz CT molecular complexity index is 2010. The Labute approximate surface area is 335 Å². The summed E-state index contributed by atoms with van der Waals surface area (Å²) in [6.45, 7) is 15.6. The van der Waals surface area contributed by atoms with Crippen molar-refractivity contribution in [3.8, 4) is 6.01 Å². The van der Waals surface area contributed by atoms with Crippen LogP contribution in [-0.4, -0.2) is 101 Å². The smallest absolute Gasteiger partial charge is 0.410 e. The third-order valence-electron chi connectivity index (χ3n) is 12.4. The molecule has 2 bridgehead atoms. The Morgan fingerprint density at radius 2 is 1.57 bits per heavy atom. The molecule has 4 fully saturated rings. The molecule has 298 valence electrons. The van der Waals surface area contributed by atoms with E-state index in [0.717, 1.165) is 45.1 Å². The molecule has 4 atom stereocenters. The van der Waals surface area contributed by atoms with Gasteiger partial charge >= 0.3 is 12.1 Å². The van der Waals surface area contributed by atoms with Crippen LogP contribution in [0.4, 0.5) is 15.0 Å². The average molecular weight is 801 g/mol. The van der Waals surface area contributed by atoms with E-state index < -0.39 is 19.7 Å². The lowest BCUT2D eigenvalue weighted by molar-refractivity contribution is 0.0122. The molecule has 10 nitrogen and oxygen atoms in total. The number of hydrogen-bond donors (Lipinski definition) is 0. The van der Waals surface area contributed by atoms with Crippen molar-refractivity contribution in [3.05, 3.63) is 77.8 Å². The molecule has 56 heavy (non-hydrogen) atoms. The second-order valence-electron chi connectivity index (χ2n) is 18.1. The van der Waals surface area contributed by atoms with Crippen LogP contribution < -0.4 is 20.0 Å². The molecule has 4 saturated heterocycles. The number of hydrogen-bond acceptors (Lipinski definition) is 9. The molecule has 0 saturated carbocycles. The van der Waals surface area contributed by atoms with Gasteiger partial charge in [-0.2, -0.15) is 9.97 Å². The molecule has 0 spiro atoms. The molecular formula is C43H54ClFN6O4Si. The molecular weight excluding hydrogens is 747 g/mol. The molecule has 0 unspecified atom stereocenters. The van der Waals surface area contributed by atoms with Crippen LogP contribution in [0.2, 0.25) is 10.2 Å². The third-order valence-corrected chi connectivity index (χ3v) is 17.7. The second-order valence-corrected chi connectivity index (χ2v) is 22.8. The first-order valence-corrected chi connectivity index (χ1v) is 22.4. The molecule has 4 aliphatic heterocycles. The zero-order valence-electron chi connectivity index (χ0n) is 33.4. The maximum absolute atomic E-state index is 15.7. The number of amides is 1. The van der Waals surface area contributed by atoms with Gasteiger partial charge in [0.2, 0.25) is 0 Å². The van der Waals surface area contributed by atoms with E-state index >= 15 is 4.39 Å². The number of halogens is 2. The minimum Gasteiger partial charge on any atom is -0.461 e. The van der Waals surface area contributed by atoms with Crippen LogP contribution in [0.15, 0.2) is 66.9 Å². The molecule has 1 amide bonds. The van der Waals surface area contributed by atoms with Crippen molar-refractivity contribution in [2.45, 2.75) is 114 Å². The summed E-state index contributed by atoms with van der Waals surface area (Å²) in [7, 11) is -2.70. The molecule has 4 aromatic rings. The van der Waals surface area contributed by atoms with Gasteiger partial charge in [-0.05, 0) is 81.3 Å². The first kappa shape index (κ1) is 39.0. The van der Waals surface area contributed by atoms with Gasteiger partial charge in [0.25, 0.3) is 8.32 Å². The molecule has 0 N–H and O–H groups in total. The average Bonchev–Trinajstić information content (AvgIpc) is 3.81. The van der Waals surface area contributed by atoms with Gasteiger partial charge in [0.15, 0.2) is 11.0 Å². The van der Waals surface area contributed by atoms with E-state index in [1.807, 2.05) is 25.7 Å². The van der Waals surface area contributed by atoms with Gasteiger partial charge < -0.3 is 18.8 Å². The van der Waals surface area contributed by atoms with Crippen LogP contribution in [0.1, 0.15) is 80.1 Å². The fraction of sp³-hybridized carbons (Fsp3) is 0.535. The van der Waals surface area contributed by atoms with Crippen LogP contribution in [0.5, 0.6) is 6.01 Å². The SMILES string of the molecule is CC(C)(C)OC(=O)N1[C@@H]2CC[C@H]1CN(c1nc(OC[C@]34CCCN3[C@H](CO[Si](c3ccccc3)(c3ccccc3)C(C)(C)C)CC4)nc3c(F)c(Cl)ncc13)C2. The van der Waals surface area contributed by atoms with Gasteiger partial charge in [-0.25, -0.2) is 14.2 Å². The maximum Gasteiger partial charge on any atom is 0.410 e. The summed E-state index contributed by atoms with van der Waals surface area (Å²) in [5, 5.41) is 2.66. The lowest BCUT2D eigenvalue weighted by Gasteiger charge is -2.44. The predicted molar refractivity (Wildman–Crippen MR) is 220 cm³/mol. The summed E-state index contributed by atoms with van der Waals surface area (Å²) in [5.41, 5.74) is -0.713.